The summed E-state index contributed by atoms with van der Waals surface area (Å²) in [5.41, 5.74) is 8.59. The third kappa shape index (κ3) is 3.05. The van der Waals surface area contributed by atoms with E-state index in [1.807, 2.05) is 6.92 Å². The number of nitrogens with two attached hydrogens (primary N) is 1. The number of aryl methyl sites for hydroxylation is 2. The number of hydrogen-bond donors (Lipinski definition) is 2. The van der Waals surface area contributed by atoms with E-state index in [0.717, 1.165) is 0 Å². The van der Waals surface area contributed by atoms with Gasteiger partial charge in [-0.25, -0.2) is 0 Å². The lowest BCUT2D eigenvalue weighted by Crippen LogP contribution is -2.17. The molecule has 3 N–H and O–H groups in total. The first-order chi connectivity index (χ1) is 9.51. The second-order valence-electron chi connectivity index (χ2n) is 4.39. The summed E-state index contributed by atoms with van der Waals surface area (Å²) in [5, 5.41) is 11.2. The van der Waals surface area contributed by atoms with E-state index in [2.05, 4.69) is 15.5 Å². The second kappa shape index (κ2) is 5.88. The Morgan fingerprint density at radius 2 is 2.10 bits per heavy atom. The van der Waals surface area contributed by atoms with Crippen LogP contribution < -0.4 is 11.1 Å². The van der Waals surface area contributed by atoms with Crippen molar-refractivity contribution in [1.29, 1.82) is 0 Å². The van der Waals surface area contributed by atoms with E-state index < -0.39 is 0 Å². The number of carbonyl (C=O) groups is 1. The number of nitrogen functional groups attached to an aromatic ring is 1. The molecule has 0 aliphatic heterocycles. The molecule has 1 aromatic carbocycles. The van der Waals surface area contributed by atoms with Gasteiger partial charge in [-0.2, -0.15) is 10.2 Å². The molecular formula is C14H15ClN4O. The smallest absolute Gasteiger partial charge is 0.257 e. The van der Waals surface area contributed by atoms with Gasteiger partial charge in [-0.1, -0.05) is 18.5 Å². The van der Waals surface area contributed by atoms with E-state index in [9.17, 15) is 4.79 Å². The minimum atomic E-state index is -0.270. The Morgan fingerprint density at radius 1 is 1.35 bits per heavy atom. The molecule has 6 heteroatoms. The molecule has 0 spiro atoms. The van der Waals surface area contributed by atoms with Gasteiger partial charge in [-0.15, -0.1) is 0 Å². The zero-order valence-corrected chi connectivity index (χ0v) is 12.0. The first-order valence-corrected chi connectivity index (χ1v) is 6.58. The summed E-state index contributed by atoms with van der Waals surface area (Å²) in [4.78, 5) is 12.3. The fourth-order valence-corrected chi connectivity index (χ4v) is 1.97. The van der Waals surface area contributed by atoms with Crippen molar-refractivity contribution in [3.63, 3.8) is 0 Å². The van der Waals surface area contributed by atoms with E-state index in [-0.39, 0.29) is 5.91 Å². The highest BCUT2D eigenvalue weighted by molar-refractivity contribution is 6.31. The molecule has 104 valence electrons. The normalized spacial score (nSPS) is 10.3. The predicted molar refractivity (Wildman–Crippen MR) is 80.0 cm³/mol. The van der Waals surface area contributed by atoms with E-state index in [4.69, 9.17) is 17.3 Å². The maximum absolute atomic E-state index is 12.3. The highest BCUT2D eigenvalue weighted by atomic mass is 35.5. The van der Waals surface area contributed by atoms with Crippen LogP contribution in [0.2, 0.25) is 5.02 Å². The van der Waals surface area contributed by atoms with Gasteiger partial charge in [0.05, 0.1) is 28.3 Å². The van der Waals surface area contributed by atoms with Gasteiger partial charge in [0.15, 0.2) is 0 Å². The molecule has 0 aliphatic rings. The second-order valence-corrected chi connectivity index (χ2v) is 4.82. The molecule has 0 fully saturated rings. The minimum absolute atomic E-state index is 0.270. The number of nitrogens with one attached hydrogen (secondary N) is 1. The van der Waals surface area contributed by atoms with Gasteiger partial charge in [0.2, 0.25) is 0 Å². The number of rotatable bonds is 3. The minimum Gasteiger partial charge on any atom is -0.397 e. The third-order valence-electron chi connectivity index (χ3n) is 2.84. The van der Waals surface area contributed by atoms with E-state index >= 15 is 0 Å². The Morgan fingerprint density at radius 3 is 2.80 bits per heavy atom. The van der Waals surface area contributed by atoms with Gasteiger partial charge in [-0.05, 0) is 37.6 Å². The van der Waals surface area contributed by atoms with Gasteiger partial charge in [0.25, 0.3) is 5.91 Å². The lowest BCUT2D eigenvalue weighted by atomic mass is 10.1. The molecule has 0 bridgehead atoms. The predicted octanol–water partition coefficient (Wildman–Crippen LogP) is 2.84. The molecule has 0 atom stereocenters. The molecule has 1 heterocycles. The Hall–Kier alpha value is -2.14. The van der Waals surface area contributed by atoms with Gasteiger partial charge in [0, 0.05) is 5.02 Å². The van der Waals surface area contributed by atoms with Crippen molar-refractivity contribution in [2.75, 3.05) is 11.1 Å². The van der Waals surface area contributed by atoms with E-state index in [1.165, 1.54) is 0 Å². The fraction of sp³-hybridized carbons (Fsp3) is 0.214. The zero-order valence-electron chi connectivity index (χ0n) is 11.3. The van der Waals surface area contributed by atoms with Crippen LogP contribution in [0, 0.1) is 6.92 Å². The molecule has 1 aromatic heterocycles. The first kappa shape index (κ1) is 14.3. The van der Waals surface area contributed by atoms with E-state index in [1.54, 1.807) is 31.2 Å². The van der Waals surface area contributed by atoms with Crippen LogP contribution in [0.1, 0.15) is 28.7 Å². The van der Waals surface area contributed by atoms with Crippen LogP contribution in [-0.4, -0.2) is 16.1 Å². The third-order valence-corrected chi connectivity index (χ3v) is 3.07. The Labute approximate surface area is 122 Å². The van der Waals surface area contributed by atoms with Crippen LogP contribution in [0.5, 0.6) is 0 Å². The van der Waals surface area contributed by atoms with Gasteiger partial charge < -0.3 is 11.1 Å². The molecular weight excluding hydrogens is 276 g/mol. The number of carbonyl (C=O) groups excluding carboxylic acids is 1. The van der Waals surface area contributed by atoms with Crippen LogP contribution in [0.3, 0.4) is 0 Å². The number of halogens is 1. The van der Waals surface area contributed by atoms with Crippen molar-refractivity contribution in [3.05, 3.63) is 46.2 Å². The standard InChI is InChI=1S/C14H15ClN4O/c1-3-12-10(6-8(2)18-19-12)14(20)17-13-7-9(15)4-5-11(13)16/h4-7H,3,16H2,1-2H3,(H,17,20). The van der Waals surface area contributed by atoms with Crippen LogP contribution in [0.4, 0.5) is 11.4 Å². The van der Waals surface area contributed by atoms with Crippen LogP contribution >= 0.6 is 11.6 Å². The lowest BCUT2D eigenvalue weighted by molar-refractivity contribution is 0.102. The summed E-state index contributed by atoms with van der Waals surface area (Å²) in [7, 11) is 0. The van der Waals surface area contributed by atoms with Crippen LogP contribution in [0.15, 0.2) is 24.3 Å². The number of anilines is 2. The van der Waals surface area contributed by atoms with E-state index in [0.29, 0.717) is 39.8 Å². The van der Waals surface area contributed by atoms with Crippen molar-refractivity contribution in [3.8, 4) is 0 Å². The maximum Gasteiger partial charge on any atom is 0.257 e. The zero-order chi connectivity index (χ0) is 14.7. The average Bonchev–Trinajstić information content (AvgIpc) is 2.42. The first-order valence-electron chi connectivity index (χ1n) is 6.21. The number of benzene rings is 1. The molecule has 0 saturated carbocycles. The fourth-order valence-electron chi connectivity index (χ4n) is 1.80. The number of nitrogens with zero attached hydrogens (tertiary/aromatic N) is 2. The Bertz CT molecular complexity index is 658. The van der Waals surface area contributed by atoms with Crippen LogP contribution in [0.25, 0.3) is 0 Å². The van der Waals surface area contributed by atoms with Crippen molar-refractivity contribution in [1.82, 2.24) is 10.2 Å². The molecule has 0 unspecified atom stereocenters. The van der Waals surface area contributed by atoms with Gasteiger partial charge in [0.1, 0.15) is 0 Å². The summed E-state index contributed by atoms with van der Waals surface area (Å²) >= 11 is 5.90. The van der Waals surface area contributed by atoms with Gasteiger partial charge >= 0.3 is 0 Å². The summed E-state index contributed by atoms with van der Waals surface area (Å²) in [6.45, 7) is 3.71. The quantitative estimate of drug-likeness (QED) is 0.852. The monoisotopic (exact) mass is 290 g/mol. The van der Waals surface area contributed by atoms with Crippen molar-refractivity contribution in [2.24, 2.45) is 0 Å². The molecule has 2 aromatic rings. The van der Waals surface area contributed by atoms with Crippen LogP contribution in [-0.2, 0) is 6.42 Å². The van der Waals surface area contributed by atoms with Gasteiger partial charge in [-0.3, -0.25) is 4.79 Å². The molecule has 0 radical (unpaired) electrons. The largest absolute Gasteiger partial charge is 0.397 e. The Balaban J connectivity index is 2.32. The summed E-state index contributed by atoms with van der Waals surface area (Å²) < 4.78 is 0. The topological polar surface area (TPSA) is 80.9 Å². The number of aromatic nitrogens is 2. The highest BCUT2D eigenvalue weighted by Crippen LogP contribution is 2.23. The average molecular weight is 291 g/mol. The van der Waals surface area contributed by atoms with Crippen molar-refractivity contribution >= 4 is 28.9 Å². The highest BCUT2D eigenvalue weighted by Gasteiger charge is 2.14. The molecule has 1 amide bonds. The maximum atomic E-state index is 12.3. The van der Waals surface area contributed by atoms with Crippen molar-refractivity contribution < 1.29 is 4.79 Å². The molecule has 2 rings (SSSR count). The summed E-state index contributed by atoms with van der Waals surface area (Å²) in [5.74, 6) is -0.270. The lowest BCUT2D eigenvalue weighted by Gasteiger charge is -2.10. The number of hydrogen-bond acceptors (Lipinski definition) is 4. The molecule has 5 nitrogen and oxygen atoms in total. The number of amides is 1. The summed E-state index contributed by atoms with van der Waals surface area (Å²) in [6.07, 6.45) is 0.626. The molecule has 0 aliphatic carbocycles. The molecule has 0 saturated heterocycles. The Kier molecular flexibility index (Phi) is 4.20. The van der Waals surface area contributed by atoms with Crippen molar-refractivity contribution in [2.45, 2.75) is 20.3 Å². The summed E-state index contributed by atoms with van der Waals surface area (Å²) in [6, 6.07) is 6.64. The molecule has 20 heavy (non-hydrogen) atoms. The SMILES string of the molecule is CCc1nnc(C)cc1C(=O)Nc1cc(Cl)ccc1N.